The molecule has 1 aromatic heterocycles. The molecule has 5 heteroatoms. The summed E-state index contributed by atoms with van der Waals surface area (Å²) in [4.78, 5) is 13.5. The summed E-state index contributed by atoms with van der Waals surface area (Å²) in [5, 5.41) is 2.94. The summed E-state index contributed by atoms with van der Waals surface area (Å²) in [6.45, 7) is 1.96. The predicted octanol–water partition coefficient (Wildman–Crippen LogP) is 1.20. The Balaban J connectivity index is 1.54. The number of nitrogens with one attached hydrogen (secondary N) is 2. The first-order valence-electron chi connectivity index (χ1n) is 8.10. The molecule has 1 aromatic carbocycles. The van der Waals surface area contributed by atoms with Crippen LogP contribution < -0.4 is 10.2 Å². The SMILES string of the molecule is Cn1cccc1[C@@H]1CCC[NH+]1CC(=O)NCc1ccc(F)cc1. The maximum atomic E-state index is 12.9. The smallest absolute Gasteiger partial charge is 0.275 e. The van der Waals surface area contributed by atoms with E-state index in [1.54, 1.807) is 12.1 Å². The number of hydrogen-bond acceptors (Lipinski definition) is 1. The van der Waals surface area contributed by atoms with Crippen LogP contribution in [0.5, 0.6) is 0 Å². The van der Waals surface area contributed by atoms with Crippen LogP contribution in [0.2, 0.25) is 0 Å². The molecular weight excluding hydrogens is 293 g/mol. The minimum atomic E-state index is -0.257. The lowest BCUT2D eigenvalue weighted by Gasteiger charge is -2.21. The Morgan fingerprint density at radius 1 is 1.35 bits per heavy atom. The zero-order valence-electron chi connectivity index (χ0n) is 13.4. The third-order valence-corrected chi connectivity index (χ3v) is 4.61. The predicted molar refractivity (Wildman–Crippen MR) is 86.3 cm³/mol. The standard InChI is InChI=1S/C18H22FN3O/c1-21-10-2-4-16(21)17-5-3-11-22(17)13-18(23)20-12-14-6-8-15(19)9-7-14/h2,4,6-10,17H,3,5,11-13H2,1H3,(H,20,23)/p+1/t17-/m0/s1. The van der Waals surface area contributed by atoms with E-state index in [1.165, 1.54) is 22.7 Å². The number of nitrogens with zero attached hydrogens (tertiary/aromatic N) is 1. The average Bonchev–Trinajstić information content (AvgIpc) is 3.15. The summed E-state index contributed by atoms with van der Waals surface area (Å²) in [6.07, 6.45) is 4.33. The largest absolute Gasteiger partial charge is 0.350 e. The Kier molecular flexibility index (Phi) is 4.76. The van der Waals surface area contributed by atoms with Gasteiger partial charge in [0.25, 0.3) is 5.91 Å². The van der Waals surface area contributed by atoms with Gasteiger partial charge in [0.1, 0.15) is 11.9 Å². The van der Waals surface area contributed by atoms with Gasteiger partial charge >= 0.3 is 0 Å². The van der Waals surface area contributed by atoms with Crippen molar-refractivity contribution >= 4 is 5.91 Å². The van der Waals surface area contributed by atoms with Crippen molar-refractivity contribution in [2.45, 2.75) is 25.4 Å². The van der Waals surface area contributed by atoms with Crippen molar-refractivity contribution in [1.82, 2.24) is 9.88 Å². The second-order valence-electron chi connectivity index (χ2n) is 6.23. The lowest BCUT2D eigenvalue weighted by molar-refractivity contribution is -0.911. The Hall–Kier alpha value is -2.14. The van der Waals surface area contributed by atoms with Crippen molar-refractivity contribution < 1.29 is 14.1 Å². The van der Waals surface area contributed by atoms with Crippen LogP contribution in [0.15, 0.2) is 42.6 Å². The van der Waals surface area contributed by atoms with Crippen molar-refractivity contribution in [3.8, 4) is 0 Å². The molecule has 23 heavy (non-hydrogen) atoms. The average molecular weight is 316 g/mol. The molecule has 2 heterocycles. The number of hydrogen-bond donors (Lipinski definition) is 2. The molecule has 122 valence electrons. The van der Waals surface area contributed by atoms with Crippen LogP contribution in [0.1, 0.15) is 30.1 Å². The molecular formula is C18H23FN3O+. The summed E-state index contributed by atoms with van der Waals surface area (Å²) in [6, 6.07) is 10.8. The summed E-state index contributed by atoms with van der Waals surface area (Å²) in [5.74, 6) is -0.211. The van der Waals surface area contributed by atoms with Gasteiger partial charge in [0.15, 0.2) is 6.54 Å². The Bertz CT molecular complexity index is 665. The normalized spacial score (nSPS) is 20.6. The lowest BCUT2D eigenvalue weighted by atomic mass is 10.1. The van der Waals surface area contributed by atoms with Gasteiger partial charge in [0.05, 0.1) is 12.2 Å². The minimum Gasteiger partial charge on any atom is -0.350 e. The quantitative estimate of drug-likeness (QED) is 0.855. The maximum Gasteiger partial charge on any atom is 0.275 e. The van der Waals surface area contributed by atoms with Crippen molar-refractivity contribution in [3.05, 3.63) is 59.7 Å². The molecule has 0 spiro atoms. The first-order valence-corrected chi connectivity index (χ1v) is 8.10. The van der Waals surface area contributed by atoms with Crippen LogP contribution in [-0.4, -0.2) is 23.6 Å². The number of carbonyl (C=O) groups excluding carboxylic acids is 1. The van der Waals surface area contributed by atoms with E-state index in [2.05, 4.69) is 35.3 Å². The zero-order valence-corrected chi connectivity index (χ0v) is 13.4. The number of aryl methyl sites for hydroxylation is 1. The zero-order chi connectivity index (χ0) is 16.2. The van der Waals surface area contributed by atoms with E-state index in [1.807, 2.05) is 0 Å². The number of rotatable bonds is 5. The van der Waals surface area contributed by atoms with E-state index in [-0.39, 0.29) is 11.7 Å². The number of halogens is 1. The fourth-order valence-corrected chi connectivity index (χ4v) is 3.39. The maximum absolute atomic E-state index is 12.9. The third-order valence-electron chi connectivity index (χ3n) is 4.61. The van der Waals surface area contributed by atoms with Crippen LogP contribution in [0.4, 0.5) is 4.39 Å². The van der Waals surface area contributed by atoms with Gasteiger partial charge in [-0.3, -0.25) is 4.79 Å². The highest BCUT2D eigenvalue weighted by Gasteiger charge is 2.32. The molecule has 1 amide bonds. The summed E-state index contributed by atoms with van der Waals surface area (Å²) >= 11 is 0. The number of aromatic nitrogens is 1. The van der Waals surface area contributed by atoms with Crippen molar-refractivity contribution in [3.63, 3.8) is 0 Å². The number of quaternary nitrogens is 1. The van der Waals surface area contributed by atoms with Gasteiger partial charge in [0.2, 0.25) is 0 Å². The van der Waals surface area contributed by atoms with Gasteiger partial charge in [-0.2, -0.15) is 0 Å². The second kappa shape index (κ2) is 6.96. The fraction of sp³-hybridized carbons (Fsp3) is 0.389. The molecule has 0 aliphatic carbocycles. The molecule has 4 nitrogen and oxygen atoms in total. The molecule has 1 saturated heterocycles. The van der Waals surface area contributed by atoms with Gasteiger partial charge < -0.3 is 14.8 Å². The van der Waals surface area contributed by atoms with E-state index >= 15 is 0 Å². The Morgan fingerprint density at radius 3 is 2.83 bits per heavy atom. The second-order valence-corrected chi connectivity index (χ2v) is 6.23. The van der Waals surface area contributed by atoms with Crippen LogP contribution in [0, 0.1) is 5.82 Å². The molecule has 2 aromatic rings. The van der Waals surface area contributed by atoms with Crippen molar-refractivity contribution in [2.24, 2.45) is 7.05 Å². The molecule has 1 aliphatic rings. The molecule has 0 saturated carbocycles. The van der Waals surface area contributed by atoms with E-state index < -0.39 is 0 Å². The molecule has 0 radical (unpaired) electrons. The molecule has 1 aliphatic heterocycles. The fourth-order valence-electron chi connectivity index (χ4n) is 3.39. The monoisotopic (exact) mass is 316 g/mol. The van der Waals surface area contributed by atoms with E-state index in [4.69, 9.17) is 0 Å². The molecule has 1 unspecified atom stereocenters. The third kappa shape index (κ3) is 3.79. The molecule has 2 atom stereocenters. The highest BCUT2D eigenvalue weighted by molar-refractivity contribution is 5.76. The van der Waals surface area contributed by atoms with Gasteiger partial charge in [-0.25, -0.2) is 4.39 Å². The summed E-state index contributed by atoms with van der Waals surface area (Å²) in [5.41, 5.74) is 2.21. The van der Waals surface area contributed by atoms with Crippen LogP contribution in [-0.2, 0) is 18.4 Å². The van der Waals surface area contributed by atoms with E-state index in [9.17, 15) is 9.18 Å². The molecule has 2 N–H and O–H groups in total. The molecule has 1 fully saturated rings. The van der Waals surface area contributed by atoms with Crippen LogP contribution in [0.25, 0.3) is 0 Å². The minimum absolute atomic E-state index is 0.0467. The van der Waals surface area contributed by atoms with Crippen molar-refractivity contribution in [2.75, 3.05) is 13.1 Å². The highest BCUT2D eigenvalue weighted by atomic mass is 19.1. The summed E-state index contributed by atoms with van der Waals surface area (Å²) < 4.78 is 15.0. The van der Waals surface area contributed by atoms with Gasteiger partial charge in [0, 0.05) is 32.6 Å². The molecule has 0 bridgehead atoms. The van der Waals surface area contributed by atoms with E-state index in [0.29, 0.717) is 19.1 Å². The first kappa shape index (κ1) is 15.7. The number of amides is 1. The molecule has 3 rings (SSSR count). The van der Waals surface area contributed by atoms with Crippen LogP contribution in [0.3, 0.4) is 0 Å². The highest BCUT2D eigenvalue weighted by Crippen LogP contribution is 2.18. The van der Waals surface area contributed by atoms with Gasteiger partial charge in [-0.05, 0) is 29.8 Å². The van der Waals surface area contributed by atoms with E-state index in [0.717, 1.165) is 24.9 Å². The van der Waals surface area contributed by atoms with Gasteiger partial charge in [-0.1, -0.05) is 12.1 Å². The summed E-state index contributed by atoms with van der Waals surface area (Å²) in [7, 11) is 2.06. The number of benzene rings is 1. The van der Waals surface area contributed by atoms with Crippen molar-refractivity contribution in [1.29, 1.82) is 0 Å². The van der Waals surface area contributed by atoms with Crippen LogP contribution >= 0.6 is 0 Å². The number of carbonyl (C=O) groups is 1. The topological polar surface area (TPSA) is 38.5 Å². The first-order chi connectivity index (χ1) is 11.1. The number of likely N-dealkylation sites (tertiary alicyclic amines) is 1. The lowest BCUT2D eigenvalue weighted by Crippen LogP contribution is -3.11. The van der Waals surface area contributed by atoms with Gasteiger partial charge in [-0.15, -0.1) is 0 Å². The Morgan fingerprint density at radius 2 is 2.13 bits per heavy atom. The Labute approximate surface area is 135 Å².